The minimum atomic E-state index is 0.257. The summed E-state index contributed by atoms with van der Waals surface area (Å²) in [4.78, 5) is 2.31. The number of phenols is 1. The first-order valence-electron chi connectivity index (χ1n) is 6.98. The normalized spacial score (nSPS) is 19.6. The molecule has 0 aliphatic carbocycles. The molecule has 0 unspecified atom stereocenters. The van der Waals surface area contributed by atoms with Gasteiger partial charge in [0.1, 0.15) is 5.75 Å². The van der Waals surface area contributed by atoms with Crippen LogP contribution in [0.25, 0.3) is 0 Å². The summed E-state index contributed by atoms with van der Waals surface area (Å²) in [5.74, 6) is 1.67. The third kappa shape index (κ3) is 2.87. The summed E-state index contributed by atoms with van der Waals surface area (Å²) < 4.78 is 12.2. The summed E-state index contributed by atoms with van der Waals surface area (Å²) >= 11 is 3.40. The Kier molecular flexibility index (Phi) is 4.33. The average molecular weight is 343 g/mol. The molecule has 20 heavy (non-hydrogen) atoms. The topological polar surface area (TPSA) is 54.0 Å². The lowest BCUT2D eigenvalue weighted by Gasteiger charge is -2.28. The van der Waals surface area contributed by atoms with Crippen molar-refractivity contribution in [2.75, 3.05) is 39.4 Å². The molecule has 0 amide bonds. The lowest BCUT2D eigenvalue weighted by molar-refractivity contribution is 0.224. The molecular formula is C14H19BrN2O3. The molecule has 0 bridgehead atoms. The Labute approximate surface area is 127 Å². The fourth-order valence-corrected chi connectivity index (χ4v) is 3.02. The summed E-state index contributed by atoms with van der Waals surface area (Å²) in [6.07, 6.45) is 0.861. The standard InChI is InChI=1S/C14H19BrN2O3/c15-11-8-12-14(20-7-1-6-19-12)10(13(11)18)9-17-4-2-16-3-5-17/h8,16,18H,1-7,9H2. The molecule has 0 atom stereocenters. The maximum absolute atomic E-state index is 10.4. The van der Waals surface area contributed by atoms with Crippen LogP contribution in [-0.2, 0) is 6.54 Å². The van der Waals surface area contributed by atoms with Gasteiger partial charge in [-0.2, -0.15) is 0 Å². The molecule has 2 heterocycles. The fourth-order valence-electron chi connectivity index (χ4n) is 2.57. The van der Waals surface area contributed by atoms with Gasteiger partial charge in [-0.05, 0) is 15.9 Å². The largest absolute Gasteiger partial charge is 0.506 e. The van der Waals surface area contributed by atoms with Crippen molar-refractivity contribution < 1.29 is 14.6 Å². The molecule has 0 aromatic heterocycles. The van der Waals surface area contributed by atoms with Gasteiger partial charge in [0.15, 0.2) is 11.5 Å². The maximum Gasteiger partial charge on any atom is 0.169 e. The number of rotatable bonds is 2. The highest BCUT2D eigenvalue weighted by atomic mass is 79.9. The zero-order chi connectivity index (χ0) is 13.9. The summed E-state index contributed by atoms with van der Waals surface area (Å²) in [7, 11) is 0. The van der Waals surface area contributed by atoms with E-state index in [1.54, 1.807) is 6.07 Å². The van der Waals surface area contributed by atoms with E-state index in [0.717, 1.165) is 43.9 Å². The third-order valence-electron chi connectivity index (χ3n) is 3.65. The summed E-state index contributed by atoms with van der Waals surface area (Å²) in [6.45, 7) is 5.87. The number of piperazine rings is 1. The summed E-state index contributed by atoms with van der Waals surface area (Å²) in [5.41, 5.74) is 0.818. The van der Waals surface area contributed by atoms with Crippen LogP contribution in [0.15, 0.2) is 10.5 Å². The van der Waals surface area contributed by atoms with Crippen LogP contribution in [0.1, 0.15) is 12.0 Å². The highest BCUT2D eigenvalue weighted by Gasteiger charge is 2.23. The van der Waals surface area contributed by atoms with E-state index in [1.807, 2.05) is 0 Å². The van der Waals surface area contributed by atoms with Crippen LogP contribution in [0.3, 0.4) is 0 Å². The van der Waals surface area contributed by atoms with Crippen LogP contribution in [0.2, 0.25) is 0 Å². The summed E-state index contributed by atoms with van der Waals surface area (Å²) in [5, 5.41) is 13.7. The Morgan fingerprint density at radius 2 is 2.00 bits per heavy atom. The zero-order valence-electron chi connectivity index (χ0n) is 11.3. The van der Waals surface area contributed by atoms with Crippen molar-refractivity contribution in [3.05, 3.63) is 16.1 Å². The molecule has 6 heteroatoms. The van der Waals surface area contributed by atoms with E-state index in [1.165, 1.54) is 0 Å². The molecule has 0 saturated carbocycles. The molecule has 2 N–H and O–H groups in total. The van der Waals surface area contributed by atoms with E-state index in [4.69, 9.17) is 9.47 Å². The van der Waals surface area contributed by atoms with E-state index in [9.17, 15) is 5.11 Å². The summed E-state index contributed by atoms with van der Waals surface area (Å²) in [6, 6.07) is 1.79. The quantitative estimate of drug-likeness (QED) is 0.857. The van der Waals surface area contributed by atoms with Gasteiger partial charge in [-0.15, -0.1) is 0 Å². The van der Waals surface area contributed by atoms with Crippen molar-refractivity contribution in [3.8, 4) is 17.2 Å². The number of hydrogen-bond donors (Lipinski definition) is 2. The SMILES string of the molecule is Oc1c(Br)cc2c(c1CN1CCNCC1)OCCCO2. The van der Waals surface area contributed by atoms with Gasteiger partial charge < -0.3 is 19.9 Å². The Balaban J connectivity index is 1.92. The van der Waals surface area contributed by atoms with Gasteiger partial charge in [0, 0.05) is 45.2 Å². The molecule has 5 nitrogen and oxygen atoms in total. The number of hydrogen-bond acceptors (Lipinski definition) is 5. The number of ether oxygens (including phenoxy) is 2. The lowest BCUT2D eigenvalue weighted by atomic mass is 10.1. The number of nitrogens with zero attached hydrogens (tertiary/aromatic N) is 1. The van der Waals surface area contributed by atoms with E-state index < -0.39 is 0 Å². The number of fused-ring (bicyclic) bond motifs is 1. The zero-order valence-corrected chi connectivity index (χ0v) is 12.9. The van der Waals surface area contributed by atoms with E-state index in [-0.39, 0.29) is 5.75 Å². The number of benzene rings is 1. The Morgan fingerprint density at radius 1 is 1.25 bits per heavy atom. The van der Waals surface area contributed by atoms with Crippen LogP contribution in [-0.4, -0.2) is 49.4 Å². The third-order valence-corrected chi connectivity index (χ3v) is 4.26. The van der Waals surface area contributed by atoms with Gasteiger partial charge in [0.2, 0.25) is 0 Å². The molecule has 1 aromatic rings. The Hall–Kier alpha value is -0.980. The van der Waals surface area contributed by atoms with E-state index in [0.29, 0.717) is 30.0 Å². The highest BCUT2D eigenvalue weighted by Crippen LogP contribution is 2.44. The van der Waals surface area contributed by atoms with Crippen molar-refractivity contribution in [1.29, 1.82) is 0 Å². The molecular weight excluding hydrogens is 324 g/mol. The van der Waals surface area contributed by atoms with Crippen LogP contribution in [0.4, 0.5) is 0 Å². The van der Waals surface area contributed by atoms with Crippen LogP contribution >= 0.6 is 15.9 Å². The Bertz CT molecular complexity index is 490. The van der Waals surface area contributed by atoms with Crippen molar-refractivity contribution >= 4 is 15.9 Å². The van der Waals surface area contributed by atoms with Gasteiger partial charge >= 0.3 is 0 Å². The first kappa shape index (κ1) is 14.0. The second kappa shape index (κ2) is 6.20. The molecule has 2 aliphatic heterocycles. The van der Waals surface area contributed by atoms with Gasteiger partial charge in [0.05, 0.1) is 23.2 Å². The molecule has 0 radical (unpaired) electrons. The van der Waals surface area contributed by atoms with Gasteiger partial charge in [0.25, 0.3) is 0 Å². The fraction of sp³-hybridized carbons (Fsp3) is 0.571. The number of halogens is 1. The predicted molar refractivity (Wildman–Crippen MR) is 79.6 cm³/mol. The second-order valence-electron chi connectivity index (χ2n) is 5.09. The van der Waals surface area contributed by atoms with Crippen molar-refractivity contribution in [2.45, 2.75) is 13.0 Å². The highest BCUT2D eigenvalue weighted by molar-refractivity contribution is 9.10. The molecule has 110 valence electrons. The maximum atomic E-state index is 10.4. The Morgan fingerprint density at radius 3 is 2.80 bits per heavy atom. The van der Waals surface area contributed by atoms with Crippen molar-refractivity contribution in [1.82, 2.24) is 10.2 Å². The van der Waals surface area contributed by atoms with Gasteiger partial charge in [-0.1, -0.05) is 0 Å². The minimum Gasteiger partial charge on any atom is -0.506 e. The van der Waals surface area contributed by atoms with Crippen LogP contribution in [0.5, 0.6) is 17.2 Å². The van der Waals surface area contributed by atoms with Crippen molar-refractivity contribution in [2.24, 2.45) is 0 Å². The second-order valence-corrected chi connectivity index (χ2v) is 5.94. The van der Waals surface area contributed by atoms with Crippen LogP contribution in [0, 0.1) is 0 Å². The molecule has 1 saturated heterocycles. The molecule has 0 spiro atoms. The smallest absolute Gasteiger partial charge is 0.169 e. The molecule has 1 aromatic carbocycles. The van der Waals surface area contributed by atoms with E-state index >= 15 is 0 Å². The van der Waals surface area contributed by atoms with Crippen LogP contribution < -0.4 is 14.8 Å². The van der Waals surface area contributed by atoms with Gasteiger partial charge in [-0.3, -0.25) is 4.90 Å². The number of aromatic hydroxyl groups is 1. The minimum absolute atomic E-state index is 0.257. The average Bonchev–Trinajstić information content (AvgIpc) is 2.70. The molecule has 3 rings (SSSR count). The monoisotopic (exact) mass is 342 g/mol. The first-order valence-corrected chi connectivity index (χ1v) is 7.78. The number of nitrogens with one attached hydrogen (secondary N) is 1. The number of phenolic OH excluding ortho intramolecular Hbond substituents is 1. The first-order chi connectivity index (χ1) is 9.75. The van der Waals surface area contributed by atoms with Gasteiger partial charge in [-0.25, -0.2) is 0 Å². The molecule has 2 aliphatic rings. The lowest BCUT2D eigenvalue weighted by Crippen LogP contribution is -2.42. The van der Waals surface area contributed by atoms with Crippen molar-refractivity contribution in [3.63, 3.8) is 0 Å². The molecule has 1 fully saturated rings. The van der Waals surface area contributed by atoms with E-state index in [2.05, 4.69) is 26.1 Å². The predicted octanol–water partition coefficient (Wildman–Crippen LogP) is 1.72.